The molecule has 0 spiro atoms. The van der Waals surface area contributed by atoms with Gasteiger partial charge in [0.25, 0.3) is 0 Å². The third kappa shape index (κ3) is 5.20. The molecule has 0 saturated heterocycles. The molecule has 3 N–H and O–H groups in total. The number of amides is 2. The Kier molecular flexibility index (Phi) is 6.92. The van der Waals surface area contributed by atoms with Crippen molar-refractivity contribution < 1.29 is 9.59 Å². The zero-order valence-corrected chi connectivity index (χ0v) is 19.0. The first-order valence-electron chi connectivity index (χ1n) is 10.6. The van der Waals surface area contributed by atoms with Gasteiger partial charge in [-0.15, -0.1) is 11.8 Å². The molecule has 2 amide bonds. The maximum atomic E-state index is 13.1. The van der Waals surface area contributed by atoms with Crippen molar-refractivity contribution in [3.05, 3.63) is 66.0 Å². The molecule has 7 nitrogen and oxygen atoms in total. The highest BCUT2D eigenvalue weighted by molar-refractivity contribution is 7.99. The molecule has 0 aliphatic carbocycles. The number of nitrogens with zero attached hydrogens (tertiary/aromatic N) is 2. The van der Waals surface area contributed by atoms with E-state index >= 15 is 0 Å². The van der Waals surface area contributed by atoms with E-state index < -0.39 is 0 Å². The number of hydrogen-bond donors (Lipinski definition) is 3. The van der Waals surface area contributed by atoms with E-state index in [0.29, 0.717) is 25.1 Å². The monoisotopic (exact) mass is 449 g/mol. The Labute approximate surface area is 192 Å². The van der Waals surface area contributed by atoms with Crippen LogP contribution in [0.2, 0.25) is 0 Å². The lowest BCUT2D eigenvalue weighted by Gasteiger charge is -2.25. The Morgan fingerprint density at radius 3 is 2.72 bits per heavy atom. The van der Waals surface area contributed by atoms with Crippen molar-refractivity contribution in [1.82, 2.24) is 20.4 Å². The van der Waals surface area contributed by atoms with Crippen LogP contribution in [0.4, 0.5) is 5.69 Å². The predicted octanol–water partition coefficient (Wildman–Crippen LogP) is 3.30. The van der Waals surface area contributed by atoms with E-state index in [1.165, 1.54) is 11.1 Å². The molecule has 4 rings (SSSR count). The number of rotatable bonds is 7. The van der Waals surface area contributed by atoms with Crippen molar-refractivity contribution >= 4 is 29.3 Å². The maximum Gasteiger partial charge on any atom is 0.241 e. The minimum atomic E-state index is -0.286. The van der Waals surface area contributed by atoms with Crippen LogP contribution in [0.15, 0.2) is 59.8 Å². The number of nitrogens with one attached hydrogen (secondary N) is 3. The number of H-pyrrole nitrogens is 1. The smallest absolute Gasteiger partial charge is 0.241 e. The highest BCUT2D eigenvalue weighted by atomic mass is 32.2. The lowest BCUT2D eigenvalue weighted by Crippen LogP contribution is -2.44. The molecule has 1 atom stereocenters. The summed E-state index contributed by atoms with van der Waals surface area (Å²) >= 11 is 1.57. The Balaban J connectivity index is 1.50. The molecule has 3 aromatic rings. The fraction of sp³-hybridized carbons (Fsp3) is 0.292. The van der Waals surface area contributed by atoms with Crippen LogP contribution in [0.25, 0.3) is 11.1 Å². The average molecular weight is 450 g/mol. The predicted molar refractivity (Wildman–Crippen MR) is 127 cm³/mol. The van der Waals surface area contributed by atoms with Gasteiger partial charge in [-0.2, -0.15) is 5.10 Å². The summed E-state index contributed by atoms with van der Waals surface area (Å²) in [5.41, 5.74) is 5.18. The number of thioether (sulfide) groups is 1. The molecule has 8 heteroatoms. The largest absolute Gasteiger partial charge is 0.349 e. The van der Waals surface area contributed by atoms with E-state index in [2.05, 4.69) is 33.0 Å². The molecule has 166 valence electrons. The molecule has 0 radical (unpaired) electrons. The molecule has 1 aromatic heterocycles. The van der Waals surface area contributed by atoms with Crippen LogP contribution in [0.1, 0.15) is 17.5 Å². The van der Waals surface area contributed by atoms with Crippen LogP contribution < -0.4 is 10.6 Å². The van der Waals surface area contributed by atoms with Gasteiger partial charge >= 0.3 is 0 Å². The van der Waals surface area contributed by atoms with E-state index in [-0.39, 0.29) is 17.9 Å². The number of hydrogen-bond acceptors (Lipinski definition) is 5. The van der Waals surface area contributed by atoms with E-state index in [1.54, 1.807) is 37.0 Å². The van der Waals surface area contributed by atoms with Crippen molar-refractivity contribution in [2.75, 3.05) is 25.2 Å². The van der Waals surface area contributed by atoms with Crippen LogP contribution in [0, 0.1) is 0 Å². The number of carbonyl (C=O) groups is 2. The van der Waals surface area contributed by atoms with Gasteiger partial charge in [-0.25, -0.2) is 0 Å². The van der Waals surface area contributed by atoms with Crippen molar-refractivity contribution in [2.24, 2.45) is 0 Å². The van der Waals surface area contributed by atoms with Crippen molar-refractivity contribution in [1.29, 1.82) is 0 Å². The van der Waals surface area contributed by atoms with Gasteiger partial charge in [0.1, 0.15) is 0 Å². The van der Waals surface area contributed by atoms with E-state index in [4.69, 9.17) is 0 Å². The van der Waals surface area contributed by atoms with Crippen LogP contribution in [-0.2, 0) is 22.6 Å². The summed E-state index contributed by atoms with van der Waals surface area (Å²) < 4.78 is 0. The van der Waals surface area contributed by atoms with Crippen LogP contribution in [-0.4, -0.2) is 52.8 Å². The molecular weight excluding hydrogens is 422 g/mol. The van der Waals surface area contributed by atoms with Gasteiger partial charge in [-0.3, -0.25) is 14.7 Å². The molecule has 0 bridgehead atoms. The van der Waals surface area contributed by atoms with Gasteiger partial charge in [0.2, 0.25) is 11.8 Å². The first kappa shape index (κ1) is 22.1. The third-order valence-corrected chi connectivity index (χ3v) is 6.60. The van der Waals surface area contributed by atoms with E-state index in [9.17, 15) is 9.59 Å². The molecule has 2 heterocycles. The molecule has 1 aliphatic heterocycles. The van der Waals surface area contributed by atoms with Crippen molar-refractivity contribution in [3.8, 4) is 11.1 Å². The van der Waals surface area contributed by atoms with Gasteiger partial charge < -0.3 is 15.5 Å². The Bertz CT molecular complexity index is 1100. The molecular formula is C24H27N5O2S. The summed E-state index contributed by atoms with van der Waals surface area (Å²) in [7, 11) is 3.51. The number of carbonyl (C=O) groups excluding carboxylic acids is 2. The first-order valence-corrected chi connectivity index (χ1v) is 11.6. The minimum Gasteiger partial charge on any atom is -0.349 e. The zero-order valence-electron chi connectivity index (χ0n) is 18.2. The lowest BCUT2D eigenvalue weighted by atomic mass is 9.95. The van der Waals surface area contributed by atoms with Crippen LogP contribution >= 0.6 is 11.8 Å². The number of anilines is 1. The summed E-state index contributed by atoms with van der Waals surface area (Å²) in [6.07, 6.45) is 4.69. The average Bonchev–Trinajstić information content (AvgIpc) is 3.34. The molecule has 0 saturated carbocycles. The summed E-state index contributed by atoms with van der Waals surface area (Å²) in [4.78, 5) is 27.6. The third-order valence-electron chi connectivity index (χ3n) is 5.54. The Hall–Kier alpha value is -3.10. The summed E-state index contributed by atoms with van der Waals surface area (Å²) in [5.74, 6) is 0.657. The Morgan fingerprint density at radius 1 is 1.16 bits per heavy atom. The number of aromatic nitrogens is 2. The molecule has 32 heavy (non-hydrogen) atoms. The van der Waals surface area contributed by atoms with Gasteiger partial charge in [0, 0.05) is 49.5 Å². The lowest BCUT2D eigenvalue weighted by molar-refractivity contribution is -0.128. The van der Waals surface area contributed by atoms with Gasteiger partial charge in [-0.05, 0) is 35.2 Å². The first-order chi connectivity index (χ1) is 15.5. The second-order valence-electron chi connectivity index (χ2n) is 7.98. The van der Waals surface area contributed by atoms with Crippen molar-refractivity contribution in [2.45, 2.75) is 30.3 Å². The minimum absolute atomic E-state index is 0.0539. The van der Waals surface area contributed by atoms with Crippen LogP contribution in [0.5, 0.6) is 0 Å². The van der Waals surface area contributed by atoms with Gasteiger partial charge in [0.15, 0.2) is 0 Å². The second kappa shape index (κ2) is 10.0. The topological polar surface area (TPSA) is 90.1 Å². The molecule has 2 aromatic carbocycles. The van der Waals surface area contributed by atoms with E-state index in [0.717, 1.165) is 21.7 Å². The van der Waals surface area contributed by atoms with E-state index in [1.807, 2.05) is 36.5 Å². The van der Waals surface area contributed by atoms with Gasteiger partial charge in [-0.1, -0.05) is 30.3 Å². The zero-order chi connectivity index (χ0) is 22.5. The number of benzene rings is 2. The summed E-state index contributed by atoms with van der Waals surface area (Å²) in [6.45, 7) is 0.682. The van der Waals surface area contributed by atoms with Gasteiger partial charge in [0.05, 0.1) is 17.9 Å². The molecule has 1 aliphatic rings. The maximum absolute atomic E-state index is 13.1. The quantitative estimate of drug-likeness (QED) is 0.482. The normalized spacial score (nSPS) is 15.1. The SMILES string of the molecule is CN(C)C(=O)CCSc1cc(-c2cn[nH]c2)ccc1NC(=O)[C@H]1Cc2ccccc2CN1. The fourth-order valence-electron chi connectivity index (χ4n) is 3.66. The fourth-order valence-corrected chi connectivity index (χ4v) is 4.65. The standard InChI is InChI=1S/C24H27N5O2S/c1-29(2)23(30)9-10-32-22-12-17(19-14-26-27-15-19)7-8-20(22)28-24(31)21-11-16-5-3-4-6-18(16)13-25-21/h3-8,12,14-15,21,25H,9-11,13H2,1-2H3,(H,26,27)(H,28,31)/t21-/m1/s1. The highest BCUT2D eigenvalue weighted by Crippen LogP contribution is 2.33. The highest BCUT2D eigenvalue weighted by Gasteiger charge is 2.24. The Morgan fingerprint density at radius 2 is 1.97 bits per heavy atom. The summed E-state index contributed by atoms with van der Waals surface area (Å²) in [6, 6.07) is 13.9. The molecule has 0 unspecified atom stereocenters. The second-order valence-corrected chi connectivity index (χ2v) is 9.12. The van der Waals surface area contributed by atoms with Crippen molar-refractivity contribution in [3.63, 3.8) is 0 Å². The number of aromatic amines is 1. The van der Waals surface area contributed by atoms with Crippen LogP contribution in [0.3, 0.4) is 0 Å². The number of fused-ring (bicyclic) bond motifs is 1. The summed E-state index contributed by atoms with van der Waals surface area (Å²) in [5, 5.41) is 13.3. The molecule has 0 fully saturated rings.